The van der Waals surface area contributed by atoms with Gasteiger partial charge in [-0.1, -0.05) is 58.1 Å². The van der Waals surface area contributed by atoms with Crippen LogP contribution in [0.5, 0.6) is 0 Å². The number of nitrogens with zero attached hydrogens (tertiary/aromatic N) is 1. The van der Waals surface area contributed by atoms with Crippen LogP contribution in [0.3, 0.4) is 0 Å². The van der Waals surface area contributed by atoms with E-state index in [1.54, 1.807) is 12.1 Å². The van der Waals surface area contributed by atoms with Gasteiger partial charge in [-0.2, -0.15) is 17.6 Å². The molecule has 1 amide bonds. The second-order valence-corrected chi connectivity index (χ2v) is 32.1. The number of carbonyl (C=O) groups is 1. The third-order valence-corrected chi connectivity index (χ3v) is 26.4. The van der Waals surface area contributed by atoms with Crippen molar-refractivity contribution in [1.29, 1.82) is 0 Å². The van der Waals surface area contributed by atoms with Gasteiger partial charge >= 0.3 is 44.3 Å². The Bertz CT molecular complexity index is 1140. The minimum atomic E-state index is -5.75. The average Bonchev–Trinajstić information content (AvgIpc) is 2.94. The summed E-state index contributed by atoms with van der Waals surface area (Å²) in [5.74, 6) is -6.86. The van der Waals surface area contributed by atoms with Gasteiger partial charge in [-0.05, 0) is 101 Å². The van der Waals surface area contributed by atoms with Crippen LogP contribution in [0.2, 0.25) is 70.5 Å². The zero-order valence-electron chi connectivity index (χ0n) is 30.9. The molecule has 48 heavy (non-hydrogen) atoms. The second kappa shape index (κ2) is 19.2. The number of benzene rings is 1. The number of unbranched alkanes of at least 4 members (excludes halogenated alkanes) is 3. The maximum Gasteiger partial charge on any atom is 0.458 e. The molecule has 1 aromatic carbocycles. The predicted molar refractivity (Wildman–Crippen MR) is 194 cm³/mol. The first-order valence-electron chi connectivity index (χ1n) is 16.9. The lowest BCUT2D eigenvalue weighted by molar-refractivity contribution is -0.321. The molecule has 0 bridgehead atoms. The number of amides is 1. The Labute approximate surface area is 291 Å². The Kier molecular flexibility index (Phi) is 18.1. The number of alkyl halides is 5. The molecule has 0 N–H and O–H groups in total. The lowest BCUT2D eigenvalue weighted by Gasteiger charge is -2.41. The van der Waals surface area contributed by atoms with E-state index in [9.17, 15) is 26.7 Å². The maximum atomic E-state index is 14.6. The van der Waals surface area contributed by atoms with Crippen LogP contribution in [-0.4, -0.2) is 74.9 Å². The number of anilines is 1. The number of carbonyl (C=O) groups excluding carboxylic acids is 1. The molecule has 1 radical (unpaired) electrons. The fraction of sp³-hybridized carbons (Fsp3) is 0.774. The molecule has 0 aliphatic carbocycles. The van der Waals surface area contributed by atoms with E-state index in [0.717, 1.165) is 56.8 Å². The molecular formula is C31H59F5NO6Si5. The van der Waals surface area contributed by atoms with Crippen LogP contribution in [0.15, 0.2) is 24.3 Å². The summed E-state index contributed by atoms with van der Waals surface area (Å²) in [5, 5.41) is 0. The highest BCUT2D eigenvalue weighted by Gasteiger charge is 2.65. The first-order valence-corrected chi connectivity index (χ1v) is 30.3. The molecule has 2 unspecified atom stereocenters. The first kappa shape index (κ1) is 45.2. The third kappa shape index (κ3) is 15.2. The molecule has 0 aromatic heterocycles. The van der Waals surface area contributed by atoms with Gasteiger partial charge in [0.25, 0.3) is 0 Å². The summed E-state index contributed by atoms with van der Waals surface area (Å²) in [6.07, 6.45) is 0.727. The van der Waals surface area contributed by atoms with Gasteiger partial charge in [0.2, 0.25) is 0 Å². The Morgan fingerprint density at radius 3 is 1.96 bits per heavy atom. The standard InChI is InChI=1S/C31H59F5NO6Si5/c1-12-14-22-45(5,6)40-44(4)41-48(11,43-47(9,10)42-46(7,8)23-15-13-2)24-17-16-19-27-20-18-21-28(25-27)37(3)29(38)30(33,39-26-32)31(34,35)36/h18,20-21,25H,12-17,19,22-24,26H2,1-11H3. The highest BCUT2D eigenvalue weighted by atomic mass is 28.5. The molecule has 0 saturated carbocycles. The van der Waals surface area contributed by atoms with Crippen LogP contribution in [0.25, 0.3) is 0 Å². The van der Waals surface area contributed by atoms with Crippen molar-refractivity contribution in [3.05, 3.63) is 29.8 Å². The number of hydrogen-bond donors (Lipinski definition) is 0. The van der Waals surface area contributed by atoms with Crippen molar-refractivity contribution in [2.75, 3.05) is 18.8 Å². The fourth-order valence-electron chi connectivity index (χ4n) is 5.72. The molecule has 0 heterocycles. The SMILES string of the molecule is CCCC[Si](C)(C)O[Si](C)O[Si](C)(CCCCc1cccc(N(C)C(=O)C(F)(OCF)C(F)(F)F)c1)O[Si](C)(C)O[Si](C)(C)CCCC. The van der Waals surface area contributed by atoms with Gasteiger partial charge in [-0.25, -0.2) is 4.39 Å². The van der Waals surface area contributed by atoms with Crippen molar-refractivity contribution in [3.63, 3.8) is 0 Å². The van der Waals surface area contributed by atoms with E-state index in [-0.39, 0.29) is 5.69 Å². The Balaban J connectivity index is 3.09. The molecule has 7 nitrogen and oxygen atoms in total. The number of ether oxygens (including phenoxy) is 1. The van der Waals surface area contributed by atoms with Crippen molar-refractivity contribution >= 4 is 54.6 Å². The van der Waals surface area contributed by atoms with E-state index in [0.29, 0.717) is 23.8 Å². The van der Waals surface area contributed by atoms with E-state index in [1.807, 2.05) is 6.55 Å². The molecule has 0 spiro atoms. The summed E-state index contributed by atoms with van der Waals surface area (Å²) in [7, 11) is -9.80. The van der Waals surface area contributed by atoms with E-state index in [2.05, 4.69) is 64.4 Å². The van der Waals surface area contributed by atoms with E-state index in [1.165, 1.54) is 12.1 Å². The van der Waals surface area contributed by atoms with Crippen LogP contribution in [-0.2, 0) is 32.4 Å². The second-order valence-electron chi connectivity index (χ2n) is 14.2. The van der Waals surface area contributed by atoms with E-state index in [4.69, 9.17) is 16.5 Å². The molecule has 1 aromatic rings. The summed E-state index contributed by atoms with van der Waals surface area (Å²) < 4.78 is 97.8. The minimum Gasteiger partial charge on any atom is -0.436 e. The van der Waals surface area contributed by atoms with E-state index < -0.39 is 67.8 Å². The Morgan fingerprint density at radius 2 is 1.42 bits per heavy atom. The Hall–Kier alpha value is -0.776. The molecule has 0 aliphatic rings. The van der Waals surface area contributed by atoms with Crippen LogP contribution in [0, 0.1) is 0 Å². The van der Waals surface area contributed by atoms with Crippen molar-refractivity contribution in [1.82, 2.24) is 0 Å². The van der Waals surface area contributed by atoms with Crippen LogP contribution >= 0.6 is 0 Å². The van der Waals surface area contributed by atoms with Gasteiger partial charge < -0.3 is 21.4 Å². The maximum absolute atomic E-state index is 14.6. The van der Waals surface area contributed by atoms with Gasteiger partial charge in [0.1, 0.15) is 0 Å². The Morgan fingerprint density at radius 1 is 0.833 bits per heavy atom. The molecule has 1 rings (SSSR count). The van der Waals surface area contributed by atoms with Gasteiger partial charge in [-0.3, -0.25) is 9.53 Å². The third-order valence-electron chi connectivity index (χ3n) is 7.87. The monoisotopic (exact) mass is 776 g/mol. The summed E-state index contributed by atoms with van der Waals surface area (Å²) in [6, 6.07) is 9.09. The summed E-state index contributed by atoms with van der Waals surface area (Å²) in [5.41, 5.74) is 0.774. The van der Waals surface area contributed by atoms with Gasteiger partial charge in [-0.15, -0.1) is 0 Å². The van der Waals surface area contributed by atoms with Gasteiger partial charge in [0, 0.05) is 12.7 Å². The zero-order chi connectivity index (χ0) is 37.0. The lowest BCUT2D eigenvalue weighted by atomic mass is 10.1. The van der Waals surface area contributed by atoms with Crippen molar-refractivity contribution in [3.8, 4) is 0 Å². The van der Waals surface area contributed by atoms with Crippen LogP contribution in [0.4, 0.5) is 27.6 Å². The summed E-state index contributed by atoms with van der Waals surface area (Å²) in [4.78, 5) is 13.0. The number of rotatable bonds is 23. The number of halogens is 5. The number of hydrogen-bond acceptors (Lipinski definition) is 6. The molecule has 2 atom stereocenters. The zero-order valence-corrected chi connectivity index (χ0v) is 35.9. The van der Waals surface area contributed by atoms with Crippen LogP contribution in [0.1, 0.15) is 57.9 Å². The summed E-state index contributed by atoms with van der Waals surface area (Å²) >= 11 is 0. The minimum absolute atomic E-state index is 0.0297. The fourth-order valence-corrected chi connectivity index (χ4v) is 27.3. The number of likely N-dealkylation sites (N-methyl/N-ethyl adjacent to an activating group) is 1. The topological polar surface area (TPSA) is 66.5 Å². The molecule has 279 valence electrons. The largest absolute Gasteiger partial charge is 0.458 e. The predicted octanol–water partition coefficient (Wildman–Crippen LogP) is 10.1. The highest BCUT2D eigenvalue weighted by Crippen LogP contribution is 2.38. The van der Waals surface area contributed by atoms with Crippen LogP contribution < -0.4 is 4.90 Å². The quantitative estimate of drug-likeness (QED) is 0.0627. The van der Waals surface area contributed by atoms with Gasteiger partial charge in [0.15, 0.2) is 23.5 Å². The lowest BCUT2D eigenvalue weighted by Crippen LogP contribution is -2.56. The first-order chi connectivity index (χ1) is 22.0. The van der Waals surface area contributed by atoms with Gasteiger partial charge in [0.05, 0.1) is 0 Å². The molecule has 17 heteroatoms. The summed E-state index contributed by atoms with van der Waals surface area (Å²) in [6.45, 7) is 19.5. The van der Waals surface area contributed by atoms with E-state index >= 15 is 0 Å². The van der Waals surface area contributed by atoms with Crippen molar-refractivity contribution in [2.45, 2.75) is 141 Å². The normalized spacial score (nSPS) is 15.8. The highest BCUT2D eigenvalue weighted by molar-refractivity contribution is 6.88. The molecule has 0 saturated heterocycles. The van der Waals surface area contributed by atoms with Crippen molar-refractivity contribution < 1.29 is 47.9 Å². The molecular weight excluding hydrogens is 718 g/mol. The molecule has 0 fully saturated rings. The smallest absolute Gasteiger partial charge is 0.436 e. The van der Waals surface area contributed by atoms with Crippen molar-refractivity contribution in [2.24, 2.45) is 0 Å². The number of aryl methyl sites for hydroxylation is 1. The molecule has 0 aliphatic heterocycles. The average molecular weight is 777 g/mol.